The van der Waals surface area contributed by atoms with E-state index < -0.39 is 0 Å². The highest BCUT2D eigenvalue weighted by Crippen LogP contribution is 2.12. The third kappa shape index (κ3) is 3.70. The molecule has 3 aromatic heterocycles. The monoisotopic (exact) mass is 326 g/mol. The first kappa shape index (κ1) is 15.1. The molecule has 0 aliphatic rings. The Labute approximate surface area is 136 Å². The lowest BCUT2D eigenvalue weighted by molar-refractivity contribution is 0.0956. The summed E-state index contributed by atoms with van der Waals surface area (Å²) in [6.45, 7) is 0.643. The van der Waals surface area contributed by atoms with Crippen LogP contribution in [0.25, 0.3) is 11.3 Å². The zero-order chi connectivity index (χ0) is 16.1. The third-order valence-electron chi connectivity index (χ3n) is 3.18. The second-order valence-electron chi connectivity index (χ2n) is 4.75. The van der Waals surface area contributed by atoms with E-state index in [4.69, 9.17) is 0 Å². The van der Waals surface area contributed by atoms with Gasteiger partial charge in [-0.05, 0) is 29.6 Å². The molecule has 0 saturated heterocycles. The van der Waals surface area contributed by atoms with E-state index >= 15 is 0 Å². The first-order chi connectivity index (χ1) is 11.2. The van der Waals surface area contributed by atoms with Crippen molar-refractivity contribution in [3.8, 4) is 11.3 Å². The number of pyridine rings is 1. The number of amides is 1. The second kappa shape index (κ2) is 6.97. The highest BCUT2D eigenvalue weighted by Gasteiger charge is 2.07. The van der Waals surface area contributed by atoms with Crippen LogP contribution in [-0.4, -0.2) is 27.2 Å². The third-order valence-corrected chi connectivity index (χ3v) is 4.05. The van der Waals surface area contributed by atoms with Crippen molar-refractivity contribution >= 4 is 17.2 Å². The first-order valence-electron chi connectivity index (χ1n) is 7.04. The van der Waals surface area contributed by atoms with Gasteiger partial charge in [-0.15, -0.1) is 11.3 Å². The van der Waals surface area contributed by atoms with Crippen molar-refractivity contribution in [3.05, 3.63) is 69.4 Å². The summed E-state index contributed by atoms with van der Waals surface area (Å²) >= 11 is 1.38. The smallest absolute Gasteiger partial charge is 0.266 e. The molecule has 23 heavy (non-hydrogen) atoms. The molecule has 0 unspecified atom stereocenters. The topological polar surface area (TPSA) is 76.9 Å². The molecule has 0 aliphatic carbocycles. The largest absolute Gasteiger partial charge is 0.349 e. The molecule has 1 N–H and O–H groups in total. The summed E-state index contributed by atoms with van der Waals surface area (Å²) in [6, 6.07) is 10.4. The van der Waals surface area contributed by atoms with Crippen LogP contribution in [0, 0.1) is 0 Å². The highest BCUT2D eigenvalue weighted by molar-refractivity contribution is 7.12. The summed E-state index contributed by atoms with van der Waals surface area (Å²) in [6.07, 6.45) is 3.37. The zero-order valence-electron chi connectivity index (χ0n) is 12.2. The van der Waals surface area contributed by atoms with Gasteiger partial charge in [0.2, 0.25) is 0 Å². The van der Waals surface area contributed by atoms with Crippen LogP contribution in [0.2, 0.25) is 0 Å². The van der Waals surface area contributed by atoms with Gasteiger partial charge in [-0.2, -0.15) is 5.10 Å². The average Bonchev–Trinajstić information content (AvgIpc) is 3.12. The van der Waals surface area contributed by atoms with Crippen molar-refractivity contribution in [3.63, 3.8) is 0 Å². The molecule has 3 rings (SSSR count). The number of thiophene rings is 1. The molecule has 6 nitrogen and oxygen atoms in total. The van der Waals surface area contributed by atoms with Gasteiger partial charge in [-0.1, -0.05) is 6.07 Å². The van der Waals surface area contributed by atoms with Gasteiger partial charge in [-0.25, -0.2) is 4.68 Å². The Bertz CT molecular complexity index is 844. The zero-order valence-corrected chi connectivity index (χ0v) is 13.0. The van der Waals surface area contributed by atoms with Gasteiger partial charge in [0.05, 0.1) is 17.1 Å². The number of carbonyl (C=O) groups is 1. The molecular weight excluding hydrogens is 312 g/mol. The molecule has 116 valence electrons. The van der Waals surface area contributed by atoms with Crippen molar-refractivity contribution < 1.29 is 4.79 Å². The van der Waals surface area contributed by atoms with E-state index in [2.05, 4.69) is 15.4 Å². The lowest BCUT2D eigenvalue weighted by Gasteiger charge is -2.08. The minimum Gasteiger partial charge on any atom is -0.349 e. The second-order valence-corrected chi connectivity index (χ2v) is 5.70. The highest BCUT2D eigenvalue weighted by atomic mass is 32.1. The quantitative estimate of drug-likeness (QED) is 0.775. The van der Waals surface area contributed by atoms with Crippen LogP contribution in [0.5, 0.6) is 0 Å². The Hall–Kier alpha value is -2.80. The fourth-order valence-electron chi connectivity index (χ4n) is 2.05. The molecular formula is C16H14N4O2S. The number of rotatable bonds is 5. The van der Waals surface area contributed by atoms with E-state index in [0.29, 0.717) is 23.7 Å². The number of carbonyl (C=O) groups excluding carboxylic acids is 1. The van der Waals surface area contributed by atoms with Gasteiger partial charge in [0.1, 0.15) is 0 Å². The predicted molar refractivity (Wildman–Crippen MR) is 88.4 cm³/mol. The molecule has 3 aromatic rings. The maximum atomic E-state index is 11.9. The summed E-state index contributed by atoms with van der Waals surface area (Å²) in [5, 5.41) is 8.94. The molecule has 0 aliphatic heterocycles. The van der Waals surface area contributed by atoms with Gasteiger partial charge in [0, 0.05) is 30.6 Å². The Morgan fingerprint density at radius 3 is 2.87 bits per heavy atom. The van der Waals surface area contributed by atoms with E-state index in [9.17, 15) is 9.59 Å². The molecule has 0 aromatic carbocycles. The van der Waals surface area contributed by atoms with E-state index in [1.165, 1.54) is 22.1 Å². The van der Waals surface area contributed by atoms with E-state index in [0.717, 1.165) is 5.56 Å². The lowest BCUT2D eigenvalue weighted by Crippen LogP contribution is -2.31. The molecule has 0 fully saturated rings. The SMILES string of the molecule is O=C(NCCn1nc(-c2cccnc2)ccc1=O)c1cccs1. The van der Waals surface area contributed by atoms with Gasteiger partial charge in [0.15, 0.2) is 0 Å². The normalized spacial score (nSPS) is 10.4. The van der Waals surface area contributed by atoms with Crippen LogP contribution in [0.15, 0.2) is 59.0 Å². The number of hydrogen-bond acceptors (Lipinski definition) is 5. The van der Waals surface area contributed by atoms with Crippen molar-refractivity contribution in [1.82, 2.24) is 20.1 Å². The lowest BCUT2D eigenvalue weighted by atomic mass is 10.2. The summed E-state index contributed by atoms with van der Waals surface area (Å²) in [4.78, 5) is 28.4. The molecule has 0 saturated carbocycles. The fourth-order valence-corrected chi connectivity index (χ4v) is 2.69. The standard InChI is InChI=1S/C16H14N4O2S/c21-15-6-5-13(12-3-1-7-17-11-12)19-20(15)9-8-18-16(22)14-4-2-10-23-14/h1-7,10-11H,8-9H2,(H,18,22). The van der Waals surface area contributed by atoms with Gasteiger partial charge >= 0.3 is 0 Å². The molecule has 7 heteroatoms. The van der Waals surface area contributed by atoms with Gasteiger partial charge in [-0.3, -0.25) is 14.6 Å². The summed E-state index contributed by atoms with van der Waals surface area (Å²) in [7, 11) is 0. The molecule has 0 spiro atoms. The van der Waals surface area contributed by atoms with E-state index in [1.54, 1.807) is 24.5 Å². The van der Waals surface area contributed by atoms with Crippen LogP contribution in [0.1, 0.15) is 9.67 Å². The minimum absolute atomic E-state index is 0.142. The fraction of sp³-hybridized carbons (Fsp3) is 0.125. The Morgan fingerprint density at radius 2 is 2.13 bits per heavy atom. The molecule has 0 bridgehead atoms. The number of nitrogens with zero attached hydrogens (tertiary/aromatic N) is 3. The molecule has 0 radical (unpaired) electrons. The maximum absolute atomic E-state index is 11.9. The van der Waals surface area contributed by atoms with Gasteiger partial charge < -0.3 is 5.32 Å². The number of hydrogen-bond donors (Lipinski definition) is 1. The Morgan fingerprint density at radius 1 is 1.22 bits per heavy atom. The van der Waals surface area contributed by atoms with E-state index in [1.807, 2.05) is 23.6 Å². The average molecular weight is 326 g/mol. The van der Waals surface area contributed by atoms with Crippen molar-refractivity contribution in [2.75, 3.05) is 6.54 Å². The van der Waals surface area contributed by atoms with Crippen LogP contribution in [0.4, 0.5) is 0 Å². The van der Waals surface area contributed by atoms with Crippen LogP contribution in [-0.2, 0) is 6.54 Å². The molecule has 0 atom stereocenters. The summed E-state index contributed by atoms with van der Waals surface area (Å²) in [5.41, 5.74) is 1.30. The Balaban J connectivity index is 1.68. The van der Waals surface area contributed by atoms with Crippen molar-refractivity contribution in [2.45, 2.75) is 6.54 Å². The Kier molecular flexibility index (Phi) is 4.58. The first-order valence-corrected chi connectivity index (χ1v) is 7.92. The van der Waals surface area contributed by atoms with Crippen molar-refractivity contribution in [1.29, 1.82) is 0 Å². The number of aromatic nitrogens is 3. The molecule has 3 heterocycles. The summed E-state index contributed by atoms with van der Waals surface area (Å²) in [5.74, 6) is -0.142. The summed E-state index contributed by atoms with van der Waals surface area (Å²) < 4.78 is 1.34. The van der Waals surface area contributed by atoms with Crippen molar-refractivity contribution in [2.24, 2.45) is 0 Å². The predicted octanol–water partition coefficient (Wildman–Crippen LogP) is 1.80. The maximum Gasteiger partial charge on any atom is 0.266 e. The van der Waals surface area contributed by atoms with Gasteiger partial charge in [0.25, 0.3) is 11.5 Å². The van der Waals surface area contributed by atoms with Crippen LogP contribution < -0.4 is 10.9 Å². The van der Waals surface area contributed by atoms with Crippen LogP contribution in [0.3, 0.4) is 0 Å². The number of nitrogens with one attached hydrogen (secondary N) is 1. The molecule has 1 amide bonds. The van der Waals surface area contributed by atoms with E-state index in [-0.39, 0.29) is 11.5 Å². The minimum atomic E-state index is -0.206. The van der Waals surface area contributed by atoms with Crippen LogP contribution >= 0.6 is 11.3 Å².